The van der Waals surface area contributed by atoms with Gasteiger partial charge in [-0.2, -0.15) is 9.97 Å². The molecular weight excluding hydrogens is 218 g/mol. The molecule has 0 unspecified atom stereocenters. The Morgan fingerprint density at radius 2 is 2.06 bits per heavy atom. The molecule has 0 atom stereocenters. The van der Waals surface area contributed by atoms with Crippen LogP contribution in [0.3, 0.4) is 0 Å². The van der Waals surface area contributed by atoms with Gasteiger partial charge in [-0.15, -0.1) is 0 Å². The first-order chi connectivity index (χ1) is 8.08. The molecule has 6 heteroatoms. The largest absolute Gasteiger partial charge is 0.383 e. The molecule has 1 heterocycles. The Morgan fingerprint density at radius 3 is 2.71 bits per heavy atom. The van der Waals surface area contributed by atoms with Crippen molar-refractivity contribution in [3.8, 4) is 0 Å². The van der Waals surface area contributed by atoms with E-state index in [1.165, 1.54) is 0 Å². The first kappa shape index (κ1) is 13.5. The lowest BCUT2D eigenvalue weighted by Gasteiger charge is -2.08. The van der Waals surface area contributed by atoms with Gasteiger partial charge >= 0.3 is 0 Å². The highest BCUT2D eigenvalue weighted by Gasteiger charge is 1.99. The van der Waals surface area contributed by atoms with Gasteiger partial charge in [0.1, 0.15) is 11.6 Å². The summed E-state index contributed by atoms with van der Waals surface area (Å²) in [4.78, 5) is 7.82. The molecule has 1 aromatic heterocycles. The molecule has 0 bridgehead atoms. The zero-order valence-corrected chi connectivity index (χ0v) is 10.4. The predicted molar refractivity (Wildman–Crippen MR) is 69.7 cm³/mol. The van der Waals surface area contributed by atoms with Crippen molar-refractivity contribution in [2.24, 2.45) is 0 Å². The summed E-state index contributed by atoms with van der Waals surface area (Å²) >= 11 is 0. The van der Waals surface area contributed by atoms with E-state index in [4.69, 9.17) is 16.2 Å². The highest BCUT2D eigenvalue weighted by atomic mass is 16.5. The van der Waals surface area contributed by atoms with Gasteiger partial charge in [-0.05, 0) is 26.7 Å². The molecule has 0 spiro atoms. The van der Waals surface area contributed by atoms with Crippen molar-refractivity contribution in [2.75, 3.05) is 29.9 Å². The fraction of sp³-hybridized carbons (Fsp3) is 0.636. The molecule has 0 fully saturated rings. The highest BCUT2D eigenvalue weighted by molar-refractivity contribution is 5.48. The Bertz CT molecular complexity index is 322. The molecule has 1 aromatic rings. The molecule has 96 valence electrons. The monoisotopic (exact) mass is 239 g/mol. The summed E-state index contributed by atoms with van der Waals surface area (Å²) in [5, 5.41) is 3.15. The van der Waals surface area contributed by atoms with Gasteiger partial charge < -0.3 is 21.5 Å². The van der Waals surface area contributed by atoms with Crippen LogP contribution in [0, 0.1) is 0 Å². The van der Waals surface area contributed by atoms with Crippen LogP contribution in [0.4, 0.5) is 17.6 Å². The van der Waals surface area contributed by atoms with Crippen molar-refractivity contribution >= 4 is 17.6 Å². The van der Waals surface area contributed by atoms with E-state index >= 15 is 0 Å². The number of hydrogen-bond acceptors (Lipinski definition) is 6. The van der Waals surface area contributed by atoms with Gasteiger partial charge in [-0.25, -0.2) is 0 Å². The molecule has 5 N–H and O–H groups in total. The third-order valence-electron chi connectivity index (χ3n) is 2.09. The fourth-order valence-corrected chi connectivity index (χ4v) is 1.34. The first-order valence-corrected chi connectivity index (χ1v) is 5.83. The SMILES string of the molecule is CC(C)OCCCCNc1cc(N)nc(N)n1. The minimum atomic E-state index is 0.190. The van der Waals surface area contributed by atoms with E-state index in [1.54, 1.807) is 6.07 Å². The van der Waals surface area contributed by atoms with Crippen LogP contribution >= 0.6 is 0 Å². The van der Waals surface area contributed by atoms with E-state index in [0.717, 1.165) is 26.0 Å². The van der Waals surface area contributed by atoms with Gasteiger partial charge in [0.25, 0.3) is 0 Å². The van der Waals surface area contributed by atoms with Crippen LogP contribution < -0.4 is 16.8 Å². The second-order valence-electron chi connectivity index (χ2n) is 4.09. The molecular formula is C11H21N5O. The lowest BCUT2D eigenvalue weighted by Crippen LogP contribution is -2.09. The molecule has 0 saturated heterocycles. The number of anilines is 3. The van der Waals surface area contributed by atoms with E-state index < -0.39 is 0 Å². The van der Waals surface area contributed by atoms with Crippen LogP contribution in [0.1, 0.15) is 26.7 Å². The average Bonchev–Trinajstić information content (AvgIpc) is 2.21. The summed E-state index contributed by atoms with van der Waals surface area (Å²) in [6, 6.07) is 1.67. The Kier molecular flexibility index (Phi) is 5.48. The number of nitrogens with one attached hydrogen (secondary N) is 1. The van der Waals surface area contributed by atoms with Gasteiger partial charge in [0, 0.05) is 19.2 Å². The van der Waals surface area contributed by atoms with E-state index in [2.05, 4.69) is 15.3 Å². The first-order valence-electron chi connectivity index (χ1n) is 5.83. The van der Waals surface area contributed by atoms with Crippen LogP contribution in [0.25, 0.3) is 0 Å². The van der Waals surface area contributed by atoms with Gasteiger partial charge in [-0.1, -0.05) is 0 Å². The number of aromatic nitrogens is 2. The van der Waals surface area contributed by atoms with Gasteiger partial charge in [0.2, 0.25) is 5.95 Å². The number of ether oxygens (including phenoxy) is 1. The van der Waals surface area contributed by atoms with Crippen LogP contribution in [0.2, 0.25) is 0 Å². The molecule has 6 nitrogen and oxygen atoms in total. The third kappa shape index (κ3) is 5.91. The normalized spacial score (nSPS) is 10.8. The van der Waals surface area contributed by atoms with Gasteiger partial charge in [-0.3, -0.25) is 0 Å². The van der Waals surface area contributed by atoms with Crippen molar-refractivity contribution in [3.05, 3.63) is 6.07 Å². The van der Waals surface area contributed by atoms with Crippen LogP contribution in [0.5, 0.6) is 0 Å². The summed E-state index contributed by atoms with van der Waals surface area (Å²) in [6.45, 7) is 5.67. The minimum absolute atomic E-state index is 0.190. The maximum atomic E-state index is 5.55. The molecule has 0 saturated carbocycles. The van der Waals surface area contributed by atoms with Crippen LogP contribution in [0.15, 0.2) is 6.07 Å². The maximum Gasteiger partial charge on any atom is 0.223 e. The molecule has 0 aliphatic rings. The predicted octanol–water partition coefficient (Wildman–Crippen LogP) is 1.26. The zero-order chi connectivity index (χ0) is 12.7. The Hall–Kier alpha value is -1.56. The summed E-state index contributed by atoms with van der Waals surface area (Å²) in [6.07, 6.45) is 2.32. The molecule has 0 radical (unpaired) electrons. The number of nitrogens with zero attached hydrogens (tertiary/aromatic N) is 2. The summed E-state index contributed by atoms with van der Waals surface area (Å²) in [5.41, 5.74) is 11.0. The average molecular weight is 239 g/mol. The molecule has 1 rings (SSSR count). The fourth-order valence-electron chi connectivity index (χ4n) is 1.34. The van der Waals surface area contributed by atoms with E-state index in [0.29, 0.717) is 17.7 Å². The molecule has 0 aromatic carbocycles. The van der Waals surface area contributed by atoms with E-state index in [9.17, 15) is 0 Å². The topological polar surface area (TPSA) is 99.1 Å². The van der Waals surface area contributed by atoms with Crippen molar-refractivity contribution in [1.82, 2.24) is 9.97 Å². The molecule has 0 amide bonds. The Morgan fingerprint density at radius 1 is 1.29 bits per heavy atom. The quantitative estimate of drug-likeness (QED) is 0.619. The lowest BCUT2D eigenvalue weighted by molar-refractivity contribution is 0.0765. The molecule has 0 aliphatic heterocycles. The number of rotatable bonds is 7. The van der Waals surface area contributed by atoms with Crippen molar-refractivity contribution in [1.29, 1.82) is 0 Å². The minimum Gasteiger partial charge on any atom is -0.383 e. The zero-order valence-electron chi connectivity index (χ0n) is 10.4. The summed E-state index contributed by atoms with van der Waals surface area (Å²) in [5.74, 6) is 1.23. The lowest BCUT2D eigenvalue weighted by atomic mass is 10.3. The third-order valence-corrected chi connectivity index (χ3v) is 2.09. The van der Waals surface area contributed by atoms with Gasteiger partial charge in [0.05, 0.1) is 6.10 Å². The summed E-state index contributed by atoms with van der Waals surface area (Å²) < 4.78 is 5.44. The Labute approximate surface area is 102 Å². The highest BCUT2D eigenvalue weighted by Crippen LogP contribution is 2.09. The second-order valence-corrected chi connectivity index (χ2v) is 4.09. The van der Waals surface area contributed by atoms with Crippen molar-refractivity contribution in [3.63, 3.8) is 0 Å². The number of hydrogen-bond donors (Lipinski definition) is 3. The smallest absolute Gasteiger partial charge is 0.223 e. The second kappa shape index (κ2) is 6.90. The number of unbranched alkanes of at least 4 members (excludes halogenated alkanes) is 1. The van der Waals surface area contributed by atoms with Crippen LogP contribution in [-0.2, 0) is 4.74 Å². The van der Waals surface area contributed by atoms with Crippen LogP contribution in [-0.4, -0.2) is 29.2 Å². The van der Waals surface area contributed by atoms with Crippen molar-refractivity contribution in [2.45, 2.75) is 32.8 Å². The maximum absolute atomic E-state index is 5.55. The number of nitrogen functional groups attached to an aromatic ring is 2. The standard InChI is InChI=1S/C11H21N5O/c1-8(2)17-6-4-3-5-14-10-7-9(12)15-11(13)16-10/h7-8H,3-6H2,1-2H3,(H5,12,13,14,15,16). The van der Waals surface area contributed by atoms with E-state index in [-0.39, 0.29) is 5.95 Å². The molecule has 0 aliphatic carbocycles. The van der Waals surface area contributed by atoms with Crippen molar-refractivity contribution < 1.29 is 4.74 Å². The molecule has 17 heavy (non-hydrogen) atoms. The Balaban J connectivity index is 2.18. The summed E-state index contributed by atoms with van der Waals surface area (Å²) in [7, 11) is 0. The van der Waals surface area contributed by atoms with E-state index in [1.807, 2.05) is 13.8 Å². The van der Waals surface area contributed by atoms with Gasteiger partial charge in [0.15, 0.2) is 0 Å². The number of nitrogens with two attached hydrogens (primary N) is 2.